The monoisotopic (exact) mass is 259 g/mol. The minimum Gasteiger partial charge on any atom is -0.352 e. The maximum absolute atomic E-state index is 11.8. The molecular formula is C13H17N5O. The molecule has 0 bridgehead atoms. The number of carbonyl (C=O) groups is 1. The number of hydrogen-bond acceptors (Lipinski definition) is 4. The fraction of sp³-hybridized carbons (Fsp3) is 0.462. The highest BCUT2D eigenvalue weighted by atomic mass is 16.2. The fourth-order valence-corrected chi connectivity index (χ4v) is 1.91. The number of anilines is 1. The Balaban J connectivity index is 1.73. The third-order valence-corrected chi connectivity index (χ3v) is 3.21. The molecule has 2 heterocycles. The number of nitrogens with one attached hydrogen (secondary N) is 2. The van der Waals surface area contributed by atoms with Crippen molar-refractivity contribution in [2.75, 3.05) is 5.32 Å². The molecule has 1 unspecified atom stereocenters. The van der Waals surface area contributed by atoms with Crippen molar-refractivity contribution >= 4 is 17.5 Å². The van der Waals surface area contributed by atoms with Crippen LogP contribution in [0.1, 0.15) is 25.5 Å². The van der Waals surface area contributed by atoms with Gasteiger partial charge in [-0.3, -0.25) is 4.79 Å². The molecule has 2 N–H and O–H groups in total. The van der Waals surface area contributed by atoms with Crippen LogP contribution >= 0.6 is 0 Å². The van der Waals surface area contributed by atoms with Gasteiger partial charge in [0, 0.05) is 11.7 Å². The molecule has 3 rings (SSSR count). The number of hydrogen-bond donors (Lipinski definition) is 2. The van der Waals surface area contributed by atoms with Gasteiger partial charge in [0.1, 0.15) is 6.04 Å². The molecule has 100 valence electrons. The maximum atomic E-state index is 11.8. The van der Waals surface area contributed by atoms with Gasteiger partial charge in [0.25, 0.3) is 0 Å². The van der Waals surface area contributed by atoms with Crippen molar-refractivity contribution in [3.63, 3.8) is 0 Å². The zero-order chi connectivity index (χ0) is 13.4. The lowest BCUT2D eigenvalue weighted by Crippen LogP contribution is -2.38. The van der Waals surface area contributed by atoms with E-state index in [1.54, 1.807) is 4.52 Å². The van der Waals surface area contributed by atoms with Crippen molar-refractivity contribution in [1.29, 1.82) is 0 Å². The summed E-state index contributed by atoms with van der Waals surface area (Å²) in [5.41, 5.74) is 1.78. The number of carbonyl (C=O) groups excluding carboxylic acids is 1. The molecule has 1 aliphatic carbocycles. The number of amides is 1. The summed E-state index contributed by atoms with van der Waals surface area (Å²) in [6.45, 7) is 3.78. The van der Waals surface area contributed by atoms with Crippen LogP contribution in [0.2, 0.25) is 0 Å². The van der Waals surface area contributed by atoms with E-state index < -0.39 is 0 Å². The van der Waals surface area contributed by atoms with Crippen molar-refractivity contribution in [3.05, 3.63) is 23.9 Å². The first-order valence-electron chi connectivity index (χ1n) is 6.53. The van der Waals surface area contributed by atoms with Gasteiger partial charge >= 0.3 is 0 Å². The largest absolute Gasteiger partial charge is 0.352 e. The van der Waals surface area contributed by atoms with Crippen molar-refractivity contribution in [2.45, 2.75) is 38.8 Å². The fourth-order valence-electron chi connectivity index (χ4n) is 1.91. The molecule has 6 nitrogen and oxygen atoms in total. The Morgan fingerprint density at radius 1 is 1.47 bits per heavy atom. The Bertz CT molecular complexity index is 617. The Hall–Kier alpha value is -2.11. The highest BCUT2D eigenvalue weighted by molar-refractivity contribution is 5.84. The van der Waals surface area contributed by atoms with E-state index in [0.29, 0.717) is 12.0 Å². The van der Waals surface area contributed by atoms with Gasteiger partial charge < -0.3 is 10.6 Å². The lowest BCUT2D eigenvalue weighted by Gasteiger charge is -2.11. The van der Waals surface area contributed by atoms with Gasteiger partial charge in [-0.15, -0.1) is 5.10 Å². The van der Waals surface area contributed by atoms with Crippen LogP contribution in [0.15, 0.2) is 18.2 Å². The van der Waals surface area contributed by atoms with Crippen molar-refractivity contribution in [1.82, 2.24) is 19.9 Å². The van der Waals surface area contributed by atoms with Gasteiger partial charge in [0.2, 0.25) is 11.9 Å². The van der Waals surface area contributed by atoms with Gasteiger partial charge in [-0.25, -0.2) is 4.52 Å². The summed E-state index contributed by atoms with van der Waals surface area (Å²) < 4.78 is 1.76. The van der Waals surface area contributed by atoms with E-state index in [-0.39, 0.29) is 11.9 Å². The Labute approximate surface area is 111 Å². The Morgan fingerprint density at radius 2 is 2.26 bits per heavy atom. The summed E-state index contributed by atoms with van der Waals surface area (Å²) in [5, 5.41) is 10.3. The lowest BCUT2D eigenvalue weighted by molar-refractivity contribution is -0.121. The first kappa shape index (κ1) is 12.0. The molecule has 0 saturated heterocycles. The van der Waals surface area contributed by atoms with Crippen LogP contribution in [0.25, 0.3) is 5.65 Å². The van der Waals surface area contributed by atoms with Gasteiger partial charge in [-0.2, -0.15) is 4.98 Å². The highest BCUT2D eigenvalue weighted by Crippen LogP contribution is 2.18. The Kier molecular flexibility index (Phi) is 2.85. The number of rotatable bonds is 4. The first-order valence-corrected chi connectivity index (χ1v) is 6.53. The third kappa shape index (κ3) is 2.52. The van der Waals surface area contributed by atoms with Crippen molar-refractivity contribution in [3.8, 4) is 0 Å². The molecule has 0 spiro atoms. The summed E-state index contributed by atoms with van der Waals surface area (Å²) in [6.07, 6.45) is 2.18. The summed E-state index contributed by atoms with van der Waals surface area (Å²) in [6, 6.07) is 5.83. The SMILES string of the molecule is Cc1cccc2nc(NC(C)C(=O)NC3CC3)nn12. The molecule has 1 aliphatic rings. The van der Waals surface area contributed by atoms with E-state index in [4.69, 9.17) is 0 Å². The molecule has 1 atom stereocenters. The summed E-state index contributed by atoms with van der Waals surface area (Å²) in [7, 11) is 0. The minimum atomic E-state index is -0.335. The van der Waals surface area contributed by atoms with Crippen molar-refractivity contribution in [2.24, 2.45) is 0 Å². The summed E-state index contributed by atoms with van der Waals surface area (Å²) in [4.78, 5) is 16.2. The molecule has 2 aromatic heterocycles. The smallest absolute Gasteiger partial charge is 0.243 e. The van der Waals surface area contributed by atoms with Gasteiger partial charge in [-0.1, -0.05) is 6.07 Å². The predicted molar refractivity (Wildman–Crippen MR) is 72.0 cm³/mol. The van der Waals surface area contributed by atoms with Crippen LogP contribution in [0.3, 0.4) is 0 Å². The second-order valence-electron chi connectivity index (χ2n) is 5.02. The third-order valence-electron chi connectivity index (χ3n) is 3.21. The van der Waals surface area contributed by atoms with E-state index in [9.17, 15) is 4.79 Å². The molecule has 1 amide bonds. The second-order valence-corrected chi connectivity index (χ2v) is 5.02. The van der Waals surface area contributed by atoms with E-state index in [1.807, 2.05) is 32.0 Å². The van der Waals surface area contributed by atoms with Gasteiger partial charge in [-0.05, 0) is 38.8 Å². The molecule has 19 heavy (non-hydrogen) atoms. The molecule has 2 aromatic rings. The maximum Gasteiger partial charge on any atom is 0.243 e. The minimum absolute atomic E-state index is 0.00178. The van der Waals surface area contributed by atoms with Crippen LogP contribution in [0, 0.1) is 6.92 Å². The topological polar surface area (TPSA) is 71.3 Å². The van der Waals surface area contributed by atoms with E-state index in [2.05, 4.69) is 20.7 Å². The van der Waals surface area contributed by atoms with E-state index in [0.717, 1.165) is 24.2 Å². The molecule has 0 radical (unpaired) electrons. The van der Waals surface area contributed by atoms with Gasteiger partial charge in [0.05, 0.1) is 0 Å². The zero-order valence-corrected chi connectivity index (χ0v) is 11.1. The molecule has 1 saturated carbocycles. The van der Waals surface area contributed by atoms with Crippen LogP contribution in [0.4, 0.5) is 5.95 Å². The average molecular weight is 259 g/mol. The van der Waals surface area contributed by atoms with E-state index >= 15 is 0 Å². The number of aryl methyl sites for hydroxylation is 1. The molecule has 0 aromatic carbocycles. The second kappa shape index (κ2) is 4.53. The van der Waals surface area contributed by atoms with E-state index in [1.165, 1.54) is 0 Å². The standard InChI is InChI=1S/C13H17N5O/c1-8-4-3-5-11-16-13(17-18(8)11)14-9(2)12(19)15-10-6-7-10/h3-5,9-10H,6-7H2,1-2H3,(H,14,17)(H,15,19). The van der Waals surface area contributed by atoms with Gasteiger partial charge in [0.15, 0.2) is 5.65 Å². The van der Waals surface area contributed by atoms with Crippen LogP contribution < -0.4 is 10.6 Å². The average Bonchev–Trinajstić information content (AvgIpc) is 3.08. The van der Waals surface area contributed by atoms with Crippen LogP contribution in [0.5, 0.6) is 0 Å². The first-order chi connectivity index (χ1) is 9.13. The molecule has 0 aliphatic heterocycles. The lowest BCUT2D eigenvalue weighted by atomic mass is 10.3. The van der Waals surface area contributed by atoms with Crippen molar-refractivity contribution < 1.29 is 4.79 Å². The summed E-state index contributed by atoms with van der Waals surface area (Å²) >= 11 is 0. The number of fused-ring (bicyclic) bond motifs is 1. The number of aromatic nitrogens is 3. The molecule has 1 fully saturated rings. The predicted octanol–water partition coefficient (Wildman–Crippen LogP) is 1.12. The molecular weight excluding hydrogens is 242 g/mol. The normalized spacial score (nSPS) is 16.3. The summed E-state index contributed by atoms with van der Waals surface area (Å²) in [5.74, 6) is 0.478. The number of pyridine rings is 1. The zero-order valence-electron chi connectivity index (χ0n) is 11.1. The van der Waals surface area contributed by atoms with Crippen LogP contribution in [-0.4, -0.2) is 32.6 Å². The van der Waals surface area contributed by atoms with Crippen LogP contribution in [-0.2, 0) is 4.79 Å². The molecule has 6 heteroatoms. The Morgan fingerprint density at radius 3 is 2.95 bits per heavy atom. The number of nitrogens with zero attached hydrogens (tertiary/aromatic N) is 3. The highest BCUT2D eigenvalue weighted by Gasteiger charge is 2.25. The quantitative estimate of drug-likeness (QED) is 0.863.